The fraction of sp³-hybridized carbons (Fsp3) is 0.757. The minimum absolute atomic E-state index is 0.00434. The molecule has 0 amide bonds. The Labute approximate surface area is 243 Å². The van der Waals surface area contributed by atoms with Crippen molar-refractivity contribution < 1.29 is 14.6 Å². The predicted octanol–water partition coefficient (Wildman–Crippen LogP) is 9.46. The van der Waals surface area contributed by atoms with Crippen LogP contribution in [0.4, 0.5) is 0 Å². The number of rotatable bonds is 4. The monoisotopic (exact) mass is 546 g/mol. The van der Waals surface area contributed by atoms with Crippen LogP contribution in [0.3, 0.4) is 0 Å². The second-order valence-corrected chi connectivity index (χ2v) is 16.8. The first-order valence-corrected chi connectivity index (χ1v) is 16.3. The second kappa shape index (κ2) is 9.19. The molecule has 0 saturated heterocycles. The largest absolute Gasteiger partial charge is 0.481 e. The molecule has 0 aliphatic heterocycles. The Morgan fingerprint density at radius 3 is 2.27 bits per heavy atom. The molecule has 9 atom stereocenters. The highest BCUT2D eigenvalue weighted by Gasteiger charge is 2.69. The number of benzene rings is 1. The summed E-state index contributed by atoms with van der Waals surface area (Å²) in [5, 5.41) is 10.8. The number of fused-ring (bicyclic) bond motifs is 7. The molecule has 220 valence electrons. The van der Waals surface area contributed by atoms with Gasteiger partial charge in [-0.15, -0.1) is 0 Å². The molecule has 3 nitrogen and oxygen atoms in total. The molecule has 0 bridgehead atoms. The maximum absolute atomic E-state index is 13.2. The zero-order valence-electron chi connectivity index (χ0n) is 26.3. The minimum Gasteiger partial charge on any atom is -0.481 e. The lowest BCUT2D eigenvalue weighted by atomic mass is 9.33. The third-order valence-corrected chi connectivity index (χ3v) is 14.4. The van der Waals surface area contributed by atoms with Crippen molar-refractivity contribution in [3.8, 4) is 0 Å². The molecule has 5 aliphatic carbocycles. The maximum atomic E-state index is 13.2. The fourth-order valence-corrected chi connectivity index (χ4v) is 11.5. The highest BCUT2D eigenvalue weighted by Crippen LogP contribution is 2.75. The third-order valence-electron chi connectivity index (χ3n) is 14.4. The summed E-state index contributed by atoms with van der Waals surface area (Å²) in [5.41, 5.74) is 3.33. The summed E-state index contributed by atoms with van der Waals surface area (Å²) in [6.45, 7) is 17.8. The number of aliphatic carboxylic acids is 1. The molecular formula is C37H54O3. The SMILES string of the molecule is CC1(C)CC[C@]2(C)CC[C@]3(C)C(=CC[C@@H]4[C@@]5(C)CC[C@H](OCc6ccccc6)[C@](C)(C(=O)O)C5CC[C@]43C)[C@H]2C1. The van der Waals surface area contributed by atoms with Crippen molar-refractivity contribution in [3.63, 3.8) is 0 Å². The Bertz CT molecular complexity index is 1190. The smallest absolute Gasteiger partial charge is 0.312 e. The van der Waals surface area contributed by atoms with Crippen molar-refractivity contribution in [2.45, 2.75) is 125 Å². The highest BCUT2D eigenvalue weighted by atomic mass is 16.5. The lowest BCUT2D eigenvalue weighted by Crippen LogP contribution is -2.66. The van der Waals surface area contributed by atoms with Gasteiger partial charge < -0.3 is 9.84 Å². The minimum atomic E-state index is -0.869. The summed E-state index contributed by atoms with van der Waals surface area (Å²) in [7, 11) is 0. The van der Waals surface area contributed by atoms with Gasteiger partial charge in [-0.3, -0.25) is 4.79 Å². The Morgan fingerprint density at radius 2 is 1.57 bits per heavy atom. The molecular weight excluding hydrogens is 492 g/mol. The molecule has 4 saturated carbocycles. The number of carboxylic acid groups (broad SMARTS) is 1. The summed E-state index contributed by atoms with van der Waals surface area (Å²) in [4.78, 5) is 13.2. The van der Waals surface area contributed by atoms with Gasteiger partial charge >= 0.3 is 5.97 Å². The van der Waals surface area contributed by atoms with E-state index in [4.69, 9.17) is 4.74 Å². The number of carbonyl (C=O) groups is 1. The summed E-state index contributed by atoms with van der Waals surface area (Å²) in [6.07, 6.45) is 14.3. The quantitative estimate of drug-likeness (QED) is 0.383. The van der Waals surface area contributed by atoms with Crippen molar-refractivity contribution in [1.82, 2.24) is 0 Å². The van der Waals surface area contributed by atoms with Crippen LogP contribution in [-0.4, -0.2) is 17.2 Å². The zero-order chi connectivity index (χ0) is 28.8. The molecule has 40 heavy (non-hydrogen) atoms. The van der Waals surface area contributed by atoms with Crippen LogP contribution in [0, 0.1) is 50.2 Å². The van der Waals surface area contributed by atoms with Crippen LogP contribution >= 0.6 is 0 Å². The van der Waals surface area contributed by atoms with Gasteiger partial charge in [-0.25, -0.2) is 0 Å². The van der Waals surface area contributed by atoms with E-state index < -0.39 is 11.4 Å². The second-order valence-electron chi connectivity index (χ2n) is 16.8. The summed E-state index contributed by atoms with van der Waals surface area (Å²) < 4.78 is 6.50. The third kappa shape index (κ3) is 3.88. The molecule has 1 aromatic rings. The lowest BCUT2D eigenvalue weighted by Gasteiger charge is -2.71. The van der Waals surface area contributed by atoms with Crippen LogP contribution in [0.1, 0.15) is 118 Å². The summed E-state index contributed by atoms with van der Waals surface area (Å²) in [5.74, 6) is 0.680. The van der Waals surface area contributed by atoms with Gasteiger partial charge in [-0.1, -0.05) is 83.5 Å². The van der Waals surface area contributed by atoms with Crippen LogP contribution < -0.4 is 0 Å². The van der Waals surface area contributed by atoms with Crippen molar-refractivity contribution in [2.75, 3.05) is 0 Å². The lowest BCUT2D eigenvalue weighted by molar-refractivity contribution is -0.225. The molecule has 0 aromatic heterocycles. The van der Waals surface area contributed by atoms with E-state index in [1.54, 1.807) is 5.57 Å². The van der Waals surface area contributed by atoms with Crippen LogP contribution in [0.5, 0.6) is 0 Å². The summed E-state index contributed by atoms with van der Waals surface area (Å²) in [6, 6.07) is 10.2. The standard InChI is InChI=1S/C37H54O3/c1-32(2)19-20-33(3)21-22-35(5)26(27(33)23-32)13-14-28-34(4)17-16-30(40-24-25-11-9-8-10-12-25)37(7,31(38)39)29(34)15-18-36(28,35)6/h8-13,27-30H,14-24H2,1-7H3,(H,38,39)/t27-,28-,29?,30+,33-,34-,35-,36-,37-/m1/s1. The predicted molar refractivity (Wildman–Crippen MR) is 162 cm³/mol. The highest BCUT2D eigenvalue weighted by molar-refractivity contribution is 5.76. The van der Waals surface area contributed by atoms with Gasteiger partial charge in [-0.2, -0.15) is 0 Å². The zero-order valence-corrected chi connectivity index (χ0v) is 26.3. The molecule has 4 fully saturated rings. The number of ether oxygens (including phenoxy) is 1. The molecule has 0 heterocycles. The van der Waals surface area contributed by atoms with Gasteiger partial charge in [-0.05, 0) is 122 Å². The molecule has 0 radical (unpaired) electrons. The topological polar surface area (TPSA) is 46.5 Å². The maximum Gasteiger partial charge on any atom is 0.312 e. The number of carboxylic acids is 1. The van der Waals surface area contributed by atoms with E-state index in [1.807, 2.05) is 25.1 Å². The van der Waals surface area contributed by atoms with E-state index in [2.05, 4.69) is 59.8 Å². The Balaban J connectivity index is 1.33. The van der Waals surface area contributed by atoms with E-state index in [-0.39, 0.29) is 28.3 Å². The van der Waals surface area contributed by atoms with Gasteiger partial charge in [0, 0.05) is 0 Å². The van der Waals surface area contributed by atoms with Gasteiger partial charge in [0.25, 0.3) is 0 Å². The van der Waals surface area contributed by atoms with Gasteiger partial charge in [0.1, 0.15) is 0 Å². The van der Waals surface area contributed by atoms with Crippen LogP contribution in [-0.2, 0) is 16.1 Å². The number of allylic oxidation sites excluding steroid dienone is 2. The Hall–Kier alpha value is -1.61. The van der Waals surface area contributed by atoms with E-state index in [1.165, 1.54) is 32.1 Å². The first kappa shape index (κ1) is 28.5. The Morgan fingerprint density at radius 1 is 0.875 bits per heavy atom. The van der Waals surface area contributed by atoms with Crippen LogP contribution in [0.25, 0.3) is 0 Å². The Kier molecular flexibility index (Phi) is 6.55. The van der Waals surface area contributed by atoms with E-state index >= 15 is 0 Å². The van der Waals surface area contributed by atoms with Crippen molar-refractivity contribution in [2.24, 2.45) is 50.2 Å². The molecule has 1 unspecified atom stereocenters. The molecule has 1 N–H and O–H groups in total. The molecule has 3 heteroatoms. The average molecular weight is 547 g/mol. The van der Waals surface area contributed by atoms with Crippen molar-refractivity contribution in [3.05, 3.63) is 47.5 Å². The van der Waals surface area contributed by atoms with Crippen LogP contribution in [0.2, 0.25) is 0 Å². The summed E-state index contributed by atoms with van der Waals surface area (Å²) >= 11 is 0. The fourth-order valence-electron chi connectivity index (χ4n) is 11.5. The first-order chi connectivity index (χ1) is 18.7. The van der Waals surface area contributed by atoms with Gasteiger partial charge in [0.2, 0.25) is 0 Å². The van der Waals surface area contributed by atoms with E-state index in [0.717, 1.165) is 37.7 Å². The van der Waals surface area contributed by atoms with Gasteiger partial charge in [0.05, 0.1) is 18.1 Å². The van der Waals surface area contributed by atoms with Crippen molar-refractivity contribution in [1.29, 1.82) is 0 Å². The number of hydrogen-bond donors (Lipinski definition) is 1. The van der Waals surface area contributed by atoms with Gasteiger partial charge in [0.15, 0.2) is 0 Å². The normalized spacial score (nSPS) is 47.6. The molecule has 0 spiro atoms. The number of hydrogen-bond acceptors (Lipinski definition) is 2. The average Bonchev–Trinajstić information content (AvgIpc) is 2.90. The van der Waals surface area contributed by atoms with E-state index in [9.17, 15) is 9.90 Å². The van der Waals surface area contributed by atoms with Crippen LogP contribution in [0.15, 0.2) is 42.0 Å². The molecule has 1 aromatic carbocycles. The van der Waals surface area contributed by atoms with E-state index in [0.29, 0.717) is 29.3 Å². The van der Waals surface area contributed by atoms with Crippen molar-refractivity contribution >= 4 is 5.97 Å². The molecule has 5 aliphatic rings. The first-order valence-electron chi connectivity index (χ1n) is 16.3. The molecule has 6 rings (SSSR count).